The summed E-state index contributed by atoms with van der Waals surface area (Å²) in [6, 6.07) is 7.24. The molecule has 0 radical (unpaired) electrons. The number of halogens is 2. The molecule has 1 heterocycles. The van der Waals surface area contributed by atoms with E-state index in [4.69, 9.17) is 5.26 Å². The molecule has 2 nitrogen and oxygen atoms in total. The van der Waals surface area contributed by atoms with E-state index in [1.54, 1.807) is 13.0 Å². The van der Waals surface area contributed by atoms with Gasteiger partial charge in [0.1, 0.15) is 6.07 Å². The average Bonchev–Trinajstić information content (AvgIpc) is 2.32. The molecule has 0 N–H and O–H groups in total. The average molecular weight is 230 g/mol. The van der Waals surface area contributed by atoms with E-state index in [-0.39, 0.29) is 0 Å². The van der Waals surface area contributed by atoms with Crippen LogP contribution in [0, 0.1) is 29.9 Å². The fraction of sp³-hybridized carbons (Fsp3) is 0.0769. The highest BCUT2D eigenvalue weighted by atomic mass is 19.2. The smallest absolute Gasteiger partial charge is 0.159 e. The second kappa shape index (κ2) is 4.30. The Bertz CT molecular complexity index is 615. The van der Waals surface area contributed by atoms with Crippen LogP contribution in [0.1, 0.15) is 11.1 Å². The van der Waals surface area contributed by atoms with Crippen LogP contribution in [-0.4, -0.2) is 4.98 Å². The third kappa shape index (κ3) is 2.13. The van der Waals surface area contributed by atoms with E-state index < -0.39 is 11.6 Å². The summed E-state index contributed by atoms with van der Waals surface area (Å²) in [7, 11) is 0. The summed E-state index contributed by atoms with van der Waals surface area (Å²) in [6.07, 6.45) is 1.41. The third-order valence-electron chi connectivity index (χ3n) is 2.40. The van der Waals surface area contributed by atoms with Gasteiger partial charge in [-0.15, -0.1) is 0 Å². The molecule has 0 aliphatic heterocycles. The summed E-state index contributed by atoms with van der Waals surface area (Å²) >= 11 is 0. The molecule has 4 heteroatoms. The van der Waals surface area contributed by atoms with Crippen molar-refractivity contribution >= 4 is 0 Å². The summed E-state index contributed by atoms with van der Waals surface area (Å²) < 4.78 is 25.9. The topological polar surface area (TPSA) is 36.7 Å². The molecule has 0 unspecified atom stereocenters. The first kappa shape index (κ1) is 11.2. The van der Waals surface area contributed by atoms with Crippen LogP contribution < -0.4 is 0 Å². The minimum Gasteiger partial charge on any atom is -0.255 e. The van der Waals surface area contributed by atoms with Crippen LogP contribution in [0.4, 0.5) is 8.78 Å². The first-order valence-corrected chi connectivity index (χ1v) is 4.94. The van der Waals surface area contributed by atoms with Crippen LogP contribution in [0.2, 0.25) is 0 Å². The maximum atomic E-state index is 13.1. The molecule has 2 aromatic rings. The summed E-state index contributed by atoms with van der Waals surface area (Å²) in [5, 5.41) is 8.70. The molecular formula is C13H8F2N2. The molecule has 0 amide bonds. The second-order valence-electron chi connectivity index (χ2n) is 3.63. The standard InChI is InChI=1S/C13H8F2N2/c1-8-4-9(6-16)7-17-13(8)10-2-3-11(14)12(15)5-10/h2-5,7H,1H3. The summed E-state index contributed by atoms with van der Waals surface area (Å²) in [6.45, 7) is 1.77. The highest BCUT2D eigenvalue weighted by molar-refractivity contribution is 5.63. The SMILES string of the molecule is Cc1cc(C#N)cnc1-c1ccc(F)c(F)c1. The third-order valence-corrected chi connectivity index (χ3v) is 2.40. The summed E-state index contributed by atoms with van der Waals surface area (Å²) in [5.41, 5.74) is 2.22. The molecule has 0 aliphatic carbocycles. The van der Waals surface area contributed by atoms with Gasteiger partial charge in [-0.1, -0.05) is 0 Å². The number of nitriles is 1. The number of aryl methyl sites for hydroxylation is 1. The number of aromatic nitrogens is 1. The van der Waals surface area contributed by atoms with Gasteiger partial charge < -0.3 is 0 Å². The normalized spacial score (nSPS) is 10.0. The van der Waals surface area contributed by atoms with Gasteiger partial charge in [-0.25, -0.2) is 8.78 Å². The van der Waals surface area contributed by atoms with Crippen LogP contribution in [0.15, 0.2) is 30.5 Å². The Morgan fingerprint density at radius 1 is 1.18 bits per heavy atom. The molecule has 0 bridgehead atoms. The van der Waals surface area contributed by atoms with Crippen LogP contribution in [0.5, 0.6) is 0 Å². The molecule has 84 valence electrons. The van der Waals surface area contributed by atoms with Crippen molar-refractivity contribution in [1.29, 1.82) is 5.26 Å². The second-order valence-corrected chi connectivity index (χ2v) is 3.63. The number of pyridine rings is 1. The quantitative estimate of drug-likeness (QED) is 0.754. The predicted octanol–water partition coefficient (Wildman–Crippen LogP) is 3.21. The van der Waals surface area contributed by atoms with E-state index in [2.05, 4.69) is 4.98 Å². The van der Waals surface area contributed by atoms with Crippen molar-refractivity contribution in [3.63, 3.8) is 0 Å². The Hall–Kier alpha value is -2.28. The zero-order valence-electron chi connectivity index (χ0n) is 9.04. The molecule has 0 atom stereocenters. The zero-order valence-corrected chi connectivity index (χ0v) is 9.04. The number of benzene rings is 1. The number of hydrogen-bond acceptors (Lipinski definition) is 2. The zero-order chi connectivity index (χ0) is 12.4. The van der Waals surface area contributed by atoms with E-state index in [0.29, 0.717) is 16.8 Å². The monoisotopic (exact) mass is 230 g/mol. The van der Waals surface area contributed by atoms with Crippen molar-refractivity contribution in [2.45, 2.75) is 6.92 Å². The molecule has 0 saturated carbocycles. The van der Waals surface area contributed by atoms with Crippen molar-refractivity contribution in [2.24, 2.45) is 0 Å². The van der Waals surface area contributed by atoms with Gasteiger partial charge in [0.2, 0.25) is 0 Å². The highest BCUT2D eigenvalue weighted by Crippen LogP contribution is 2.23. The van der Waals surface area contributed by atoms with Crippen LogP contribution in [0.3, 0.4) is 0 Å². The fourth-order valence-electron chi connectivity index (χ4n) is 1.58. The van der Waals surface area contributed by atoms with Gasteiger partial charge in [-0.05, 0) is 36.8 Å². The van der Waals surface area contributed by atoms with E-state index in [0.717, 1.165) is 17.7 Å². The van der Waals surface area contributed by atoms with E-state index >= 15 is 0 Å². The largest absolute Gasteiger partial charge is 0.255 e. The Morgan fingerprint density at radius 2 is 1.94 bits per heavy atom. The van der Waals surface area contributed by atoms with Crippen LogP contribution in [0.25, 0.3) is 11.3 Å². The number of nitrogens with zero attached hydrogens (tertiary/aromatic N) is 2. The van der Waals surface area contributed by atoms with Gasteiger partial charge in [0.25, 0.3) is 0 Å². The molecule has 0 spiro atoms. The number of hydrogen-bond donors (Lipinski definition) is 0. The van der Waals surface area contributed by atoms with Crippen molar-refractivity contribution in [1.82, 2.24) is 4.98 Å². The van der Waals surface area contributed by atoms with Gasteiger partial charge in [0.05, 0.1) is 11.3 Å². The maximum Gasteiger partial charge on any atom is 0.159 e. The summed E-state index contributed by atoms with van der Waals surface area (Å²) in [5.74, 6) is -1.80. The molecular weight excluding hydrogens is 222 g/mol. The molecule has 2 rings (SSSR count). The Morgan fingerprint density at radius 3 is 2.53 bits per heavy atom. The molecule has 17 heavy (non-hydrogen) atoms. The van der Waals surface area contributed by atoms with Crippen LogP contribution in [-0.2, 0) is 0 Å². The van der Waals surface area contributed by atoms with Gasteiger partial charge in [-0.2, -0.15) is 5.26 Å². The molecule has 0 aliphatic rings. The number of rotatable bonds is 1. The lowest BCUT2D eigenvalue weighted by atomic mass is 10.1. The Kier molecular flexibility index (Phi) is 2.84. The molecule has 0 fully saturated rings. The van der Waals surface area contributed by atoms with Crippen molar-refractivity contribution in [2.75, 3.05) is 0 Å². The Balaban J connectivity index is 2.54. The maximum absolute atomic E-state index is 13.1. The lowest BCUT2D eigenvalue weighted by molar-refractivity contribution is 0.509. The van der Waals surface area contributed by atoms with Crippen LogP contribution >= 0.6 is 0 Å². The predicted molar refractivity (Wildman–Crippen MR) is 59.0 cm³/mol. The van der Waals surface area contributed by atoms with E-state index in [1.165, 1.54) is 12.3 Å². The lowest BCUT2D eigenvalue weighted by Crippen LogP contribution is -1.92. The lowest BCUT2D eigenvalue weighted by Gasteiger charge is -2.05. The van der Waals surface area contributed by atoms with E-state index in [1.807, 2.05) is 6.07 Å². The summed E-state index contributed by atoms with van der Waals surface area (Å²) in [4.78, 5) is 4.08. The Labute approximate surface area is 97.2 Å². The first-order valence-electron chi connectivity index (χ1n) is 4.94. The fourth-order valence-corrected chi connectivity index (χ4v) is 1.58. The highest BCUT2D eigenvalue weighted by Gasteiger charge is 2.08. The molecule has 1 aromatic carbocycles. The van der Waals surface area contributed by atoms with Crippen molar-refractivity contribution < 1.29 is 8.78 Å². The first-order chi connectivity index (χ1) is 8.11. The van der Waals surface area contributed by atoms with Crippen molar-refractivity contribution in [3.05, 3.63) is 53.2 Å². The minimum atomic E-state index is -0.909. The van der Waals surface area contributed by atoms with Gasteiger partial charge in [0.15, 0.2) is 11.6 Å². The molecule has 1 aromatic heterocycles. The molecule has 0 saturated heterocycles. The van der Waals surface area contributed by atoms with E-state index in [9.17, 15) is 8.78 Å². The minimum absolute atomic E-state index is 0.439. The van der Waals surface area contributed by atoms with Crippen molar-refractivity contribution in [3.8, 4) is 17.3 Å². The van der Waals surface area contributed by atoms with Gasteiger partial charge >= 0.3 is 0 Å². The van der Waals surface area contributed by atoms with Gasteiger partial charge in [0, 0.05) is 11.8 Å². The van der Waals surface area contributed by atoms with Gasteiger partial charge in [-0.3, -0.25) is 4.98 Å².